The van der Waals surface area contributed by atoms with Crippen LogP contribution in [0.25, 0.3) is 11.9 Å². The van der Waals surface area contributed by atoms with Crippen molar-refractivity contribution in [1.82, 2.24) is 4.98 Å². The van der Waals surface area contributed by atoms with E-state index in [4.69, 9.17) is 5.73 Å². The van der Waals surface area contributed by atoms with Gasteiger partial charge >= 0.3 is 0 Å². The van der Waals surface area contributed by atoms with Crippen LogP contribution in [0.5, 0.6) is 0 Å². The summed E-state index contributed by atoms with van der Waals surface area (Å²) in [6.45, 7) is 0. The molecule has 0 atom stereocenters. The van der Waals surface area contributed by atoms with Gasteiger partial charge in [-0.05, 0) is 11.4 Å². The van der Waals surface area contributed by atoms with Gasteiger partial charge in [0.25, 0.3) is 0 Å². The first-order valence-corrected chi connectivity index (χ1v) is 5.71. The molecule has 0 saturated carbocycles. The molecule has 2 aromatic rings. The summed E-state index contributed by atoms with van der Waals surface area (Å²) in [6, 6.07) is 1.81. The number of fused-ring (bicyclic) bond motifs is 2. The average molecular weight is 251 g/mol. The zero-order valence-electron chi connectivity index (χ0n) is 8.50. The first-order valence-electron chi connectivity index (χ1n) is 4.83. The molecular formula is C11H7F2N3S. The number of anilines is 1. The van der Waals surface area contributed by atoms with Gasteiger partial charge in [-0.25, -0.2) is 8.78 Å². The van der Waals surface area contributed by atoms with Gasteiger partial charge in [-0.2, -0.15) is 0 Å². The molecule has 0 spiro atoms. The molecule has 1 aliphatic heterocycles. The van der Waals surface area contributed by atoms with Gasteiger partial charge < -0.3 is 11.1 Å². The maximum atomic E-state index is 13.6. The Morgan fingerprint density at radius 2 is 2.18 bits per heavy atom. The summed E-state index contributed by atoms with van der Waals surface area (Å²) in [7, 11) is 0. The minimum atomic E-state index is -0.986. The van der Waals surface area contributed by atoms with Crippen LogP contribution in [0.1, 0.15) is 5.56 Å². The summed E-state index contributed by atoms with van der Waals surface area (Å²) in [5.74, 6) is -1.93. The van der Waals surface area contributed by atoms with Gasteiger partial charge in [0.2, 0.25) is 0 Å². The minimum absolute atomic E-state index is 0.0471. The highest BCUT2D eigenvalue weighted by atomic mass is 32.1. The van der Waals surface area contributed by atoms with E-state index >= 15 is 0 Å². The number of halogens is 2. The number of rotatable bonds is 0. The minimum Gasteiger partial charge on any atom is -0.396 e. The number of hydrogen-bond donors (Lipinski definition) is 2. The first-order chi connectivity index (χ1) is 8.18. The zero-order valence-corrected chi connectivity index (χ0v) is 9.31. The molecular weight excluding hydrogens is 244 g/mol. The first kappa shape index (κ1) is 10.2. The van der Waals surface area contributed by atoms with Crippen LogP contribution < -0.4 is 21.6 Å². The summed E-state index contributed by atoms with van der Waals surface area (Å²) in [5.41, 5.74) is 7.03. The van der Waals surface area contributed by atoms with Crippen LogP contribution in [0.15, 0.2) is 17.6 Å². The number of hydrogen-bond acceptors (Lipinski definition) is 4. The Labute approximate surface area is 98.9 Å². The Bertz CT molecular complexity index is 721. The number of aromatic nitrogens is 1. The fourth-order valence-electron chi connectivity index (χ4n) is 1.72. The fraction of sp³-hybridized carbons (Fsp3) is 0. The molecule has 0 bridgehead atoms. The van der Waals surface area contributed by atoms with Crippen LogP contribution in [0.4, 0.5) is 13.8 Å². The lowest BCUT2D eigenvalue weighted by molar-refractivity contribution is 0.495. The molecule has 0 radical (unpaired) electrons. The molecule has 6 heteroatoms. The second kappa shape index (κ2) is 3.53. The lowest BCUT2D eigenvalue weighted by Gasteiger charge is -1.99. The summed E-state index contributed by atoms with van der Waals surface area (Å²) in [6.07, 6.45) is 2.22. The lowest BCUT2D eigenvalue weighted by Crippen LogP contribution is -2.36. The van der Waals surface area contributed by atoms with Crippen molar-refractivity contribution < 1.29 is 8.78 Å². The predicted octanol–water partition coefficient (Wildman–Crippen LogP) is 0.700. The molecule has 3 rings (SSSR count). The van der Waals surface area contributed by atoms with E-state index in [1.165, 1.54) is 17.5 Å². The molecule has 0 saturated heterocycles. The molecule has 3 nitrogen and oxygen atoms in total. The Hall–Kier alpha value is -1.95. The van der Waals surface area contributed by atoms with Crippen molar-refractivity contribution in [2.24, 2.45) is 5.73 Å². The van der Waals surface area contributed by atoms with Crippen molar-refractivity contribution >= 4 is 28.2 Å². The zero-order chi connectivity index (χ0) is 12.0. The van der Waals surface area contributed by atoms with Gasteiger partial charge in [-0.15, -0.1) is 11.3 Å². The maximum Gasteiger partial charge on any atom is 0.177 e. The van der Waals surface area contributed by atoms with E-state index in [1.54, 1.807) is 0 Å². The molecule has 0 amide bonds. The quantitative estimate of drug-likeness (QED) is 0.724. The lowest BCUT2D eigenvalue weighted by atomic mass is 10.2. The largest absolute Gasteiger partial charge is 0.396 e. The van der Waals surface area contributed by atoms with Gasteiger partial charge in [0.15, 0.2) is 11.6 Å². The number of nitrogens with zero attached hydrogens (tertiary/aromatic N) is 1. The van der Waals surface area contributed by atoms with Crippen molar-refractivity contribution in [3.63, 3.8) is 0 Å². The molecule has 0 fully saturated rings. The van der Waals surface area contributed by atoms with Crippen LogP contribution >= 0.6 is 11.3 Å². The number of pyridine rings is 1. The van der Waals surface area contributed by atoms with E-state index in [1.807, 2.05) is 11.4 Å². The van der Waals surface area contributed by atoms with Crippen LogP contribution in [0.2, 0.25) is 0 Å². The molecule has 0 aromatic carbocycles. The van der Waals surface area contributed by atoms with E-state index < -0.39 is 11.6 Å². The van der Waals surface area contributed by atoms with Gasteiger partial charge in [0.1, 0.15) is 5.00 Å². The van der Waals surface area contributed by atoms with Crippen LogP contribution in [0.3, 0.4) is 0 Å². The summed E-state index contributed by atoms with van der Waals surface area (Å²) >= 11 is 1.44. The van der Waals surface area contributed by atoms with Crippen molar-refractivity contribution in [1.29, 1.82) is 0 Å². The predicted molar refractivity (Wildman–Crippen MR) is 62.5 cm³/mol. The van der Waals surface area contributed by atoms with Gasteiger partial charge in [-0.1, -0.05) is 0 Å². The molecule has 0 unspecified atom stereocenters. The van der Waals surface area contributed by atoms with Gasteiger partial charge in [0, 0.05) is 11.8 Å². The number of nitrogens with two attached hydrogens (primary N) is 1. The number of nitrogens with one attached hydrogen (secondary N) is 1. The molecule has 1 aliphatic rings. The standard InChI is InChI=1S/C11H7F2N3S/c12-7-4-15-10-6(8(7)13)3-16-11-5(9(10)14)1-2-17-11/h1-4,16H,14H2. The van der Waals surface area contributed by atoms with E-state index in [9.17, 15) is 8.78 Å². The second-order valence-corrected chi connectivity index (χ2v) is 4.46. The van der Waals surface area contributed by atoms with E-state index in [-0.39, 0.29) is 10.6 Å². The fourth-order valence-corrected chi connectivity index (χ4v) is 2.50. The highest BCUT2D eigenvalue weighted by Crippen LogP contribution is 2.26. The normalized spacial score (nSPS) is 13.2. The summed E-state index contributed by atoms with van der Waals surface area (Å²) in [5, 5.41) is 5.87. The third kappa shape index (κ3) is 1.41. The van der Waals surface area contributed by atoms with Crippen molar-refractivity contribution in [2.75, 3.05) is 5.32 Å². The van der Waals surface area contributed by atoms with Crippen LogP contribution in [-0.2, 0) is 0 Å². The van der Waals surface area contributed by atoms with Gasteiger partial charge in [0.05, 0.1) is 22.5 Å². The van der Waals surface area contributed by atoms with Gasteiger partial charge in [-0.3, -0.25) is 4.98 Å². The molecule has 17 heavy (non-hydrogen) atoms. The summed E-state index contributed by atoms with van der Waals surface area (Å²) < 4.78 is 26.7. The SMILES string of the molecule is NC1=c2ncc(F)c(F)c2=CNc2sccc21. The van der Waals surface area contributed by atoms with E-state index in [0.717, 1.165) is 16.8 Å². The highest BCUT2D eigenvalue weighted by molar-refractivity contribution is 7.14. The number of thiophene rings is 1. The molecule has 3 N–H and O–H groups in total. The van der Waals surface area contributed by atoms with Crippen molar-refractivity contribution in [3.05, 3.63) is 45.4 Å². The Kier molecular flexibility index (Phi) is 2.12. The Morgan fingerprint density at radius 1 is 1.35 bits per heavy atom. The monoisotopic (exact) mass is 251 g/mol. The molecule has 3 heterocycles. The Morgan fingerprint density at radius 3 is 3.00 bits per heavy atom. The highest BCUT2D eigenvalue weighted by Gasteiger charge is 2.14. The second-order valence-electron chi connectivity index (χ2n) is 3.55. The van der Waals surface area contributed by atoms with E-state index in [0.29, 0.717) is 5.70 Å². The smallest absolute Gasteiger partial charge is 0.177 e. The molecule has 86 valence electrons. The topological polar surface area (TPSA) is 50.9 Å². The van der Waals surface area contributed by atoms with Crippen molar-refractivity contribution in [2.45, 2.75) is 0 Å². The van der Waals surface area contributed by atoms with Crippen molar-refractivity contribution in [3.8, 4) is 0 Å². The Balaban J connectivity index is 2.48. The van der Waals surface area contributed by atoms with Crippen LogP contribution in [-0.4, -0.2) is 4.98 Å². The van der Waals surface area contributed by atoms with Crippen LogP contribution in [0, 0.1) is 11.6 Å². The third-order valence-corrected chi connectivity index (χ3v) is 3.41. The average Bonchev–Trinajstić information content (AvgIpc) is 2.74. The molecule has 2 aromatic heterocycles. The molecule has 0 aliphatic carbocycles. The third-order valence-electron chi connectivity index (χ3n) is 2.57. The van der Waals surface area contributed by atoms with E-state index in [2.05, 4.69) is 10.3 Å². The summed E-state index contributed by atoms with van der Waals surface area (Å²) in [4.78, 5) is 3.86. The maximum absolute atomic E-state index is 13.6.